The third-order valence-electron chi connectivity index (χ3n) is 15.3. The van der Waals surface area contributed by atoms with Gasteiger partial charge in [0.15, 0.2) is 0 Å². The van der Waals surface area contributed by atoms with Gasteiger partial charge in [-0.3, -0.25) is 0 Å². The van der Waals surface area contributed by atoms with Crippen LogP contribution >= 0.6 is 0 Å². The van der Waals surface area contributed by atoms with Gasteiger partial charge in [0.2, 0.25) is 0 Å². The minimum absolute atomic E-state index is 0.0689. The monoisotopic (exact) mass is 799 g/mol. The lowest BCUT2D eigenvalue weighted by molar-refractivity contribution is 0.332. The Labute approximate surface area is 367 Å². The molecule has 0 amide bonds. The summed E-state index contributed by atoms with van der Waals surface area (Å²) in [6, 6.07) is 67.7. The predicted molar refractivity (Wildman–Crippen MR) is 260 cm³/mol. The number of hydrogen-bond donors (Lipinski definition) is 0. The summed E-state index contributed by atoms with van der Waals surface area (Å²) in [6.45, 7) is 9.74. The van der Waals surface area contributed by atoms with Crippen LogP contribution in [0.2, 0.25) is 0 Å². The molecule has 0 aromatic heterocycles. The fourth-order valence-corrected chi connectivity index (χ4v) is 12.0. The first-order valence-electron chi connectivity index (χ1n) is 22.9. The Hall–Kier alpha value is -6.44. The Morgan fingerprint density at radius 1 is 0.355 bits per heavy atom. The molecule has 62 heavy (non-hydrogen) atoms. The Balaban J connectivity index is 1.14. The molecule has 1 heteroatoms. The fourth-order valence-electron chi connectivity index (χ4n) is 12.0. The quantitative estimate of drug-likeness (QED) is 0.168. The summed E-state index contributed by atoms with van der Waals surface area (Å²) < 4.78 is 0. The SMILES string of the molecule is CC1(C)CCC(C)(C)c2cc(N(c3ccccc3)c3cc4c(cc3-c3ccc(-c5ccc6c(c5)CCCC6)cc3)-c3ccccc3C43c4ccccc4-c4ccccc43)ccc21. The molecule has 0 atom stereocenters. The molecule has 0 fully saturated rings. The van der Waals surface area contributed by atoms with Crippen LogP contribution in [0.25, 0.3) is 44.5 Å². The molecule has 1 nitrogen and oxygen atoms in total. The summed E-state index contributed by atoms with van der Waals surface area (Å²) in [4.78, 5) is 2.56. The largest absolute Gasteiger partial charge is 0.310 e. The Morgan fingerprint density at radius 2 is 0.903 bits per heavy atom. The molecule has 0 unspecified atom stereocenters. The van der Waals surface area contributed by atoms with Gasteiger partial charge in [-0.15, -0.1) is 0 Å². The van der Waals surface area contributed by atoms with Gasteiger partial charge in [-0.2, -0.15) is 0 Å². The molecule has 0 saturated carbocycles. The average Bonchev–Trinajstić information content (AvgIpc) is 3.77. The second-order valence-electron chi connectivity index (χ2n) is 19.7. The maximum absolute atomic E-state index is 2.59. The summed E-state index contributed by atoms with van der Waals surface area (Å²) in [6.07, 6.45) is 7.34. The minimum atomic E-state index is -0.451. The van der Waals surface area contributed by atoms with E-state index in [0.29, 0.717) is 0 Å². The molecule has 12 rings (SSSR count). The molecule has 4 aliphatic rings. The van der Waals surface area contributed by atoms with Crippen LogP contribution in [0.1, 0.15) is 97.9 Å². The van der Waals surface area contributed by atoms with E-state index in [0.717, 1.165) is 5.69 Å². The molecule has 8 aromatic rings. The Kier molecular flexibility index (Phi) is 8.30. The van der Waals surface area contributed by atoms with Crippen molar-refractivity contribution in [2.75, 3.05) is 4.90 Å². The first-order valence-corrected chi connectivity index (χ1v) is 22.9. The maximum Gasteiger partial charge on any atom is 0.0726 e. The second kappa shape index (κ2) is 13.8. The molecule has 0 aliphatic heterocycles. The van der Waals surface area contributed by atoms with Crippen molar-refractivity contribution in [1.82, 2.24) is 0 Å². The zero-order valence-corrected chi connectivity index (χ0v) is 36.4. The lowest BCUT2D eigenvalue weighted by Crippen LogP contribution is -2.34. The van der Waals surface area contributed by atoms with Gasteiger partial charge in [0.1, 0.15) is 0 Å². The van der Waals surface area contributed by atoms with Crippen molar-refractivity contribution in [2.45, 2.75) is 82.5 Å². The van der Waals surface area contributed by atoms with Crippen molar-refractivity contribution in [3.63, 3.8) is 0 Å². The number of rotatable bonds is 5. The van der Waals surface area contributed by atoms with E-state index in [9.17, 15) is 0 Å². The van der Waals surface area contributed by atoms with Crippen LogP contribution < -0.4 is 4.90 Å². The number of para-hydroxylation sites is 1. The first kappa shape index (κ1) is 37.3. The highest BCUT2D eigenvalue weighted by molar-refractivity contribution is 6.00. The number of anilines is 3. The van der Waals surface area contributed by atoms with Crippen molar-refractivity contribution >= 4 is 17.1 Å². The van der Waals surface area contributed by atoms with Gasteiger partial charge in [0, 0.05) is 16.9 Å². The Bertz CT molecular complexity index is 3030. The van der Waals surface area contributed by atoms with E-state index < -0.39 is 5.41 Å². The van der Waals surface area contributed by atoms with Crippen molar-refractivity contribution in [1.29, 1.82) is 0 Å². The van der Waals surface area contributed by atoms with Gasteiger partial charge < -0.3 is 4.90 Å². The molecular weight excluding hydrogens is 747 g/mol. The topological polar surface area (TPSA) is 3.24 Å². The summed E-state index contributed by atoms with van der Waals surface area (Å²) in [5.74, 6) is 0. The summed E-state index contributed by atoms with van der Waals surface area (Å²) in [5, 5.41) is 0. The molecule has 1 spiro atoms. The number of aryl methyl sites for hydroxylation is 2. The smallest absolute Gasteiger partial charge is 0.0726 e. The van der Waals surface area contributed by atoms with Crippen molar-refractivity contribution in [3.05, 3.63) is 220 Å². The molecule has 0 bridgehead atoms. The van der Waals surface area contributed by atoms with Crippen molar-refractivity contribution in [2.24, 2.45) is 0 Å². The zero-order chi connectivity index (χ0) is 41.8. The van der Waals surface area contributed by atoms with Crippen LogP contribution in [0.3, 0.4) is 0 Å². The van der Waals surface area contributed by atoms with E-state index in [2.05, 4.69) is 209 Å². The molecule has 0 N–H and O–H groups in total. The minimum Gasteiger partial charge on any atom is -0.310 e. The predicted octanol–water partition coefficient (Wildman–Crippen LogP) is 16.1. The fraction of sp³-hybridized carbons (Fsp3) is 0.213. The third-order valence-corrected chi connectivity index (χ3v) is 15.3. The third kappa shape index (κ3) is 5.46. The van der Waals surface area contributed by atoms with Crippen LogP contribution in [-0.4, -0.2) is 0 Å². The van der Waals surface area contributed by atoms with E-state index in [1.54, 1.807) is 0 Å². The second-order valence-corrected chi connectivity index (χ2v) is 19.7. The van der Waals surface area contributed by atoms with E-state index in [1.807, 2.05) is 0 Å². The lowest BCUT2D eigenvalue weighted by Gasteiger charge is -2.42. The van der Waals surface area contributed by atoms with E-state index in [1.165, 1.54) is 139 Å². The molecule has 0 heterocycles. The molecule has 4 aliphatic carbocycles. The first-order chi connectivity index (χ1) is 30.2. The van der Waals surface area contributed by atoms with E-state index in [4.69, 9.17) is 0 Å². The van der Waals surface area contributed by atoms with Crippen LogP contribution in [0.15, 0.2) is 176 Å². The van der Waals surface area contributed by atoms with Crippen molar-refractivity contribution < 1.29 is 0 Å². The van der Waals surface area contributed by atoms with Crippen LogP contribution in [0.5, 0.6) is 0 Å². The number of nitrogens with zero attached hydrogens (tertiary/aromatic N) is 1. The van der Waals surface area contributed by atoms with Crippen LogP contribution in [0, 0.1) is 0 Å². The van der Waals surface area contributed by atoms with Gasteiger partial charge in [0.05, 0.1) is 11.1 Å². The van der Waals surface area contributed by atoms with Crippen LogP contribution in [-0.2, 0) is 29.1 Å². The highest BCUT2D eigenvalue weighted by atomic mass is 15.1. The highest BCUT2D eigenvalue weighted by Crippen LogP contribution is 2.64. The maximum atomic E-state index is 2.59. The Morgan fingerprint density at radius 3 is 1.56 bits per heavy atom. The summed E-state index contributed by atoms with van der Waals surface area (Å²) >= 11 is 0. The summed E-state index contributed by atoms with van der Waals surface area (Å²) in [7, 11) is 0. The molecular formula is C61H53N. The lowest BCUT2D eigenvalue weighted by atomic mass is 9.63. The average molecular weight is 800 g/mol. The van der Waals surface area contributed by atoms with E-state index in [-0.39, 0.29) is 10.8 Å². The standard InChI is InChI=1S/C61H53N/c1-59(2)34-35-60(3,4)57-37-46(32-33-55(57)59)62(45-18-6-5-7-19-45)58-39-56-51(38-50(58)42-29-26-41(27-30-42)44-31-28-40-16-8-9-17-43(40)36-44)49-22-12-15-25-54(49)61(56)52-23-13-10-20-47(52)48-21-11-14-24-53(48)61/h5-7,10-15,18-33,36-39H,8-9,16-17,34-35H2,1-4H3. The van der Waals surface area contributed by atoms with Gasteiger partial charge in [-0.05, 0) is 169 Å². The van der Waals surface area contributed by atoms with Crippen molar-refractivity contribution in [3.8, 4) is 44.5 Å². The molecule has 0 saturated heterocycles. The summed E-state index contributed by atoms with van der Waals surface area (Å²) in [5.41, 5.74) is 25.0. The van der Waals surface area contributed by atoms with E-state index >= 15 is 0 Å². The number of hydrogen-bond acceptors (Lipinski definition) is 1. The number of benzene rings is 8. The van der Waals surface area contributed by atoms with Gasteiger partial charge in [0.25, 0.3) is 0 Å². The normalized spacial score (nSPS) is 16.7. The zero-order valence-electron chi connectivity index (χ0n) is 36.4. The molecule has 8 aromatic carbocycles. The van der Waals surface area contributed by atoms with Gasteiger partial charge in [-0.1, -0.05) is 167 Å². The molecule has 0 radical (unpaired) electrons. The van der Waals surface area contributed by atoms with Gasteiger partial charge in [-0.25, -0.2) is 0 Å². The highest BCUT2D eigenvalue weighted by Gasteiger charge is 2.52. The number of fused-ring (bicyclic) bond motifs is 12. The van der Waals surface area contributed by atoms with Crippen LogP contribution in [0.4, 0.5) is 17.1 Å². The molecule has 302 valence electrons. The van der Waals surface area contributed by atoms with Gasteiger partial charge >= 0.3 is 0 Å².